The van der Waals surface area contributed by atoms with E-state index in [2.05, 4.69) is 10.6 Å². The van der Waals surface area contributed by atoms with E-state index >= 15 is 0 Å². The van der Waals surface area contributed by atoms with Crippen LogP contribution in [0.25, 0.3) is 0 Å². The van der Waals surface area contributed by atoms with Crippen LogP contribution >= 0.6 is 11.8 Å². The Hall–Kier alpha value is -3.71. The number of nitrogens with zero attached hydrogens (tertiary/aromatic N) is 2. The van der Waals surface area contributed by atoms with Gasteiger partial charge in [0, 0.05) is 5.69 Å². The number of carbonyl (C=O) groups is 3. The van der Waals surface area contributed by atoms with E-state index in [9.17, 15) is 19.6 Å². The van der Waals surface area contributed by atoms with Gasteiger partial charge in [-0.3, -0.25) is 9.59 Å². The second-order valence-corrected chi connectivity index (χ2v) is 10.6. The molecule has 0 spiro atoms. The molecular formula is C28H36N4O5S. The van der Waals surface area contributed by atoms with Gasteiger partial charge in [0.2, 0.25) is 5.91 Å². The molecule has 0 saturated carbocycles. The van der Waals surface area contributed by atoms with E-state index < -0.39 is 35.6 Å². The predicted octanol–water partition coefficient (Wildman–Crippen LogP) is 4.68. The number of rotatable bonds is 11. The SMILES string of the molecule is COc1ccc(NC(=O)C(c2ccccc2C)N(CC#N)C(=O)C(CCSC)NC(=O)OC(C)(C)C)cc1. The maximum atomic E-state index is 13.9. The first kappa shape index (κ1) is 30.5. The third-order valence-electron chi connectivity index (χ3n) is 5.52. The van der Waals surface area contributed by atoms with Crippen LogP contribution in [-0.2, 0) is 14.3 Å². The third-order valence-corrected chi connectivity index (χ3v) is 6.17. The Bertz CT molecular complexity index is 1140. The summed E-state index contributed by atoms with van der Waals surface area (Å²) >= 11 is 1.51. The number of carbonyl (C=O) groups excluding carboxylic acids is 3. The first-order valence-corrected chi connectivity index (χ1v) is 13.6. The monoisotopic (exact) mass is 540 g/mol. The van der Waals surface area contributed by atoms with Crippen LogP contribution in [0, 0.1) is 18.3 Å². The molecule has 3 amide bonds. The lowest BCUT2D eigenvalue weighted by molar-refractivity contribution is -0.140. The molecule has 0 bridgehead atoms. The zero-order chi connectivity index (χ0) is 28.3. The Balaban J connectivity index is 2.48. The van der Waals surface area contributed by atoms with Crippen molar-refractivity contribution in [1.82, 2.24) is 10.2 Å². The average Bonchev–Trinajstić information content (AvgIpc) is 2.86. The molecule has 2 rings (SSSR count). The van der Waals surface area contributed by atoms with Gasteiger partial charge in [0.05, 0.1) is 13.2 Å². The van der Waals surface area contributed by atoms with Crippen LogP contribution in [0.5, 0.6) is 5.75 Å². The number of alkyl carbamates (subject to hydrolysis) is 1. The molecule has 0 heterocycles. The van der Waals surface area contributed by atoms with Crippen LogP contribution in [0.15, 0.2) is 48.5 Å². The molecular weight excluding hydrogens is 504 g/mol. The smallest absolute Gasteiger partial charge is 0.408 e. The Morgan fingerprint density at radius 3 is 2.32 bits per heavy atom. The molecule has 2 atom stereocenters. The van der Waals surface area contributed by atoms with Crippen LogP contribution in [0.3, 0.4) is 0 Å². The molecule has 10 heteroatoms. The van der Waals surface area contributed by atoms with Crippen molar-refractivity contribution in [2.24, 2.45) is 0 Å². The summed E-state index contributed by atoms with van der Waals surface area (Å²) in [7, 11) is 1.55. The number of ether oxygens (including phenoxy) is 2. The second-order valence-electron chi connectivity index (χ2n) is 9.58. The predicted molar refractivity (Wildman–Crippen MR) is 149 cm³/mol. The van der Waals surface area contributed by atoms with Crippen LogP contribution < -0.4 is 15.4 Å². The van der Waals surface area contributed by atoms with Gasteiger partial charge in [-0.25, -0.2) is 4.79 Å². The molecule has 0 aromatic heterocycles. The summed E-state index contributed by atoms with van der Waals surface area (Å²) in [5.74, 6) is 0.155. The molecule has 0 fully saturated rings. The number of aryl methyl sites for hydroxylation is 1. The quantitative estimate of drug-likeness (QED) is 0.397. The molecule has 2 N–H and O–H groups in total. The van der Waals surface area contributed by atoms with E-state index in [1.165, 1.54) is 16.7 Å². The van der Waals surface area contributed by atoms with Crippen molar-refractivity contribution >= 4 is 35.4 Å². The number of benzene rings is 2. The van der Waals surface area contributed by atoms with Gasteiger partial charge in [-0.05, 0) is 81.5 Å². The van der Waals surface area contributed by atoms with E-state index in [0.29, 0.717) is 29.2 Å². The number of thioether (sulfide) groups is 1. The molecule has 204 valence electrons. The van der Waals surface area contributed by atoms with Crippen molar-refractivity contribution in [3.63, 3.8) is 0 Å². The molecule has 0 aliphatic rings. The van der Waals surface area contributed by atoms with E-state index in [1.54, 1.807) is 64.3 Å². The van der Waals surface area contributed by atoms with Crippen molar-refractivity contribution in [2.45, 2.75) is 51.8 Å². The first-order chi connectivity index (χ1) is 18.0. The molecule has 0 aliphatic heterocycles. The molecule has 0 saturated heterocycles. The van der Waals surface area contributed by atoms with Crippen molar-refractivity contribution in [2.75, 3.05) is 31.0 Å². The molecule has 2 aromatic rings. The summed E-state index contributed by atoms with van der Waals surface area (Å²) in [6, 6.07) is 13.9. The maximum Gasteiger partial charge on any atom is 0.408 e. The Labute approximate surface area is 228 Å². The highest BCUT2D eigenvalue weighted by molar-refractivity contribution is 7.98. The van der Waals surface area contributed by atoms with Gasteiger partial charge in [0.25, 0.3) is 5.91 Å². The van der Waals surface area contributed by atoms with E-state index in [-0.39, 0.29) is 6.54 Å². The first-order valence-electron chi connectivity index (χ1n) is 12.2. The minimum absolute atomic E-state index is 0.293. The van der Waals surface area contributed by atoms with Gasteiger partial charge >= 0.3 is 6.09 Å². The summed E-state index contributed by atoms with van der Waals surface area (Å²) in [5.41, 5.74) is 1.09. The van der Waals surface area contributed by atoms with Crippen LogP contribution in [-0.4, -0.2) is 60.1 Å². The highest BCUT2D eigenvalue weighted by Gasteiger charge is 2.36. The van der Waals surface area contributed by atoms with Crippen molar-refractivity contribution in [3.8, 4) is 11.8 Å². The summed E-state index contributed by atoms with van der Waals surface area (Å²) in [6.45, 7) is 6.66. The van der Waals surface area contributed by atoms with Gasteiger partial charge < -0.3 is 25.0 Å². The van der Waals surface area contributed by atoms with Gasteiger partial charge in [-0.2, -0.15) is 17.0 Å². The van der Waals surface area contributed by atoms with Crippen LogP contribution in [0.4, 0.5) is 10.5 Å². The standard InChI is InChI=1S/C28H36N4O5S/c1-19-9-7-8-10-22(19)24(25(33)30-20-11-13-21(36-5)14-12-20)32(17-16-29)26(34)23(15-18-38-6)31-27(35)37-28(2,3)4/h7-14,23-24H,15,17-18H2,1-6H3,(H,30,33)(H,31,35). The number of hydrogen-bond acceptors (Lipinski definition) is 7. The van der Waals surface area contributed by atoms with E-state index in [4.69, 9.17) is 9.47 Å². The molecule has 38 heavy (non-hydrogen) atoms. The van der Waals surface area contributed by atoms with Gasteiger partial charge in [-0.1, -0.05) is 24.3 Å². The lowest BCUT2D eigenvalue weighted by Crippen LogP contribution is -2.52. The van der Waals surface area contributed by atoms with Gasteiger partial charge in [0.1, 0.15) is 30.0 Å². The second kappa shape index (κ2) is 14.3. The Morgan fingerprint density at radius 2 is 1.76 bits per heavy atom. The highest BCUT2D eigenvalue weighted by atomic mass is 32.2. The van der Waals surface area contributed by atoms with E-state index in [1.807, 2.05) is 31.4 Å². The lowest BCUT2D eigenvalue weighted by Gasteiger charge is -2.33. The summed E-state index contributed by atoms with van der Waals surface area (Å²) in [5, 5.41) is 15.2. The largest absolute Gasteiger partial charge is 0.497 e. The number of hydrogen-bond donors (Lipinski definition) is 2. The summed E-state index contributed by atoms with van der Waals surface area (Å²) < 4.78 is 10.5. The number of nitriles is 1. The molecule has 2 aromatic carbocycles. The van der Waals surface area contributed by atoms with Crippen molar-refractivity contribution in [1.29, 1.82) is 5.26 Å². The zero-order valence-electron chi connectivity index (χ0n) is 22.7. The molecule has 9 nitrogen and oxygen atoms in total. The summed E-state index contributed by atoms with van der Waals surface area (Å²) in [4.78, 5) is 41.4. The molecule has 0 aliphatic carbocycles. The molecule has 2 unspecified atom stereocenters. The number of anilines is 1. The third kappa shape index (κ3) is 8.99. The Morgan fingerprint density at radius 1 is 1.11 bits per heavy atom. The normalized spacial score (nSPS) is 12.4. The van der Waals surface area contributed by atoms with Gasteiger partial charge in [0.15, 0.2) is 0 Å². The minimum Gasteiger partial charge on any atom is -0.497 e. The number of methoxy groups -OCH3 is 1. The highest BCUT2D eigenvalue weighted by Crippen LogP contribution is 2.27. The number of amides is 3. The fourth-order valence-corrected chi connectivity index (χ4v) is 4.22. The average molecular weight is 541 g/mol. The maximum absolute atomic E-state index is 13.9. The van der Waals surface area contributed by atoms with Crippen molar-refractivity contribution < 1.29 is 23.9 Å². The molecule has 0 radical (unpaired) electrons. The van der Waals surface area contributed by atoms with Crippen molar-refractivity contribution in [3.05, 3.63) is 59.7 Å². The zero-order valence-corrected chi connectivity index (χ0v) is 23.6. The number of nitrogens with one attached hydrogen (secondary N) is 2. The minimum atomic E-state index is -1.12. The van der Waals surface area contributed by atoms with Gasteiger partial charge in [-0.15, -0.1) is 0 Å². The van der Waals surface area contributed by atoms with Crippen LogP contribution in [0.1, 0.15) is 44.4 Å². The summed E-state index contributed by atoms with van der Waals surface area (Å²) in [6.07, 6.45) is 1.44. The van der Waals surface area contributed by atoms with Crippen LogP contribution in [0.2, 0.25) is 0 Å². The Kier molecular flexibility index (Phi) is 11.5. The fourth-order valence-electron chi connectivity index (χ4n) is 3.74. The topological polar surface area (TPSA) is 121 Å². The fraction of sp³-hybridized carbons (Fsp3) is 0.429. The van der Waals surface area contributed by atoms with E-state index in [0.717, 1.165) is 5.56 Å². The lowest BCUT2D eigenvalue weighted by atomic mass is 9.98.